The first-order chi connectivity index (χ1) is 11.6. The molecule has 0 bridgehead atoms. The fourth-order valence-corrected chi connectivity index (χ4v) is 2.60. The quantitative estimate of drug-likeness (QED) is 0.742. The van der Waals surface area contributed by atoms with Crippen molar-refractivity contribution in [3.8, 4) is 0 Å². The van der Waals surface area contributed by atoms with Gasteiger partial charge in [0.05, 0.1) is 0 Å². The monoisotopic (exact) mass is 326 g/mol. The Morgan fingerprint density at radius 1 is 1.04 bits per heavy atom. The number of nitrogens with zero attached hydrogens (tertiary/aromatic N) is 1. The van der Waals surface area contributed by atoms with Gasteiger partial charge in [0.15, 0.2) is 0 Å². The number of hydrogen-bond donors (Lipinski definition) is 2. The summed E-state index contributed by atoms with van der Waals surface area (Å²) in [6.07, 6.45) is 7.23. The number of carboxylic acids is 1. The Balaban J connectivity index is 1.75. The van der Waals surface area contributed by atoms with Crippen LogP contribution in [-0.4, -0.2) is 22.1 Å². The molecule has 0 aliphatic rings. The van der Waals surface area contributed by atoms with Crippen molar-refractivity contribution in [2.75, 3.05) is 0 Å². The standard InChI is InChI=1S/C20H26N2O2/c1-2-15-10-12-18(22-14-15)5-3-4-16-6-8-17(9-7-16)11-13-19(21)20(23)24/h6-10,12,14,19H,2-5,11,13,21H2,1H3,(H,23,24). The summed E-state index contributed by atoms with van der Waals surface area (Å²) >= 11 is 0. The normalized spacial score (nSPS) is 12.1. The van der Waals surface area contributed by atoms with E-state index in [0.717, 1.165) is 36.9 Å². The molecule has 1 atom stereocenters. The Morgan fingerprint density at radius 3 is 2.21 bits per heavy atom. The van der Waals surface area contributed by atoms with Crippen molar-refractivity contribution in [1.29, 1.82) is 0 Å². The van der Waals surface area contributed by atoms with E-state index in [9.17, 15) is 4.79 Å². The summed E-state index contributed by atoms with van der Waals surface area (Å²) in [5.74, 6) is -0.938. The minimum Gasteiger partial charge on any atom is -0.480 e. The van der Waals surface area contributed by atoms with Crippen molar-refractivity contribution in [3.63, 3.8) is 0 Å². The number of aliphatic carboxylic acids is 1. The number of hydrogen-bond acceptors (Lipinski definition) is 3. The minimum atomic E-state index is -0.938. The van der Waals surface area contributed by atoms with E-state index in [-0.39, 0.29) is 0 Å². The summed E-state index contributed by atoms with van der Waals surface area (Å²) in [6.45, 7) is 2.13. The first-order valence-corrected chi connectivity index (χ1v) is 8.58. The Kier molecular flexibility index (Phi) is 6.94. The number of nitrogens with two attached hydrogens (primary N) is 1. The molecule has 1 aromatic carbocycles. The van der Waals surface area contributed by atoms with Gasteiger partial charge < -0.3 is 10.8 Å². The van der Waals surface area contributed by atoms with Crippen molar-refractivity contribution in [3.05, 3.63) is 65.0 Å². The topological polar surface area (TPSA) is 76.2 Å². The number of carboxylic acid groups (broad SMARTS) is 1. The third kappa shape index (κ3) is 5.78. The van der Waals surface area contributed by atoms with Gasteiger partial charge in [-0.2, -0.15) is 0 Å². The van der Waals surface area contributed by atoms with Crippen LogP contribution in [0.5, 0.6) is 0 Å². The molecule has 0 amide bonds. The van der Waals surface area contributed by atoms with Gasteiger partial charge in [0, 0.05) is 11.9 Å². The molecule has 0 fully saturated rings. The lowest BCUT2D eigenvalue weighted by Gasteiger charge is -2.07. The van der Waals surface area contributed by atoms with E-state index in [1.165, 1.54) is 11.1 Å². The third-order valence-electron chi connectivity index (χ3n) is 4.28. The number of benzene rings is 1. The van der Waals surface area contributed by atoms with Crippen molar-refractivity contribution in [1.82, 2.24) is 4.98 Å². The molecule has 24 heavy (non-hydrogen) atoms. The lowest BCUT2D eigenvalue weighted by molar-refractivity contribution is -0.138. The molecule has 128 valence electrons. The molecule has 2 rings (SSSR count). The van der Waals surface area contributed by atoms with E-state index in [0.29, 0.717) is 12.8 Å². The highest BCUT2D eigenvalue weighted by Gasteiger charge is 2.10. The molecule has 4 nitrogen and oxygen atoms in total. The highest BCUT2D eigenvalue weighted by molar-refractivity contribution is 5.73. The average molecular weight is 326 g/mol. The highest BCUT2D eigenvalue weighted by Crippen LogP contribution is 2.11. The second kappa shape index (κ2) is 9.18. The van der Waals surface area contributed by atoms with Crippen LogP contribution in [-0.2, 0) is 30.5 Å². The summed E-state index contributed by atoms with van der Waals surface area (Å²) in [6, 6.07) is 11.9. The van der Waals surface area contributed by atoms with E-state index < -0.39 is 12.0 Å². The maximum atomic E-state index is 10.7. The van der Waals surface area contributed by atoms with Gasteiger partial charge in [-0.15, -0.1) is 0 Å². The van der Waals surface area contributed by atoms with Crippen molar-refractivity contribution in [2.24, 2.45) is 5.73 Å². The van der Waals surface area contributed by atoms with Crippen LogP contribution in [0.25, 0.3) is 0 Å². The van der Waals surface area contributed by atoms with Crippen molar-refractivity contribution >= 4 is 5.97 Å². The zero-order valence-corrected chi connectivity index (χ0v) is 14.2. The molecule has 0 radical (unpaired) electrons. The lowest BCUT2D eigenvalue weighted by atomic mass is 10.0. The maximum Gasteiger partial charge on any atom is 0.320 e. The van der Waals surface area contributed by atoms with Gasteiger partial charge in [0.2, 0.25) is 0 Å². The average Bonchev–Trinajstić information content (AvgIpc) is 2.61. The van der Waals surface area contributed by atoms with Crippen LogP contribution in [0.2, 0.25) is 0 Å². The summed E-state index contributed by atoms with van der Waals surface area (Å²) < 4.78 is 0. The predicted molar refractivity (Wildman–Crippen MR) is 96.0 cm³/mol. The summed E-state index contributed by atoms with van der Waals surface area (Å²) in [7, 11) is 0. The van der Waals surface area contributed by atoms with Crippen LogP contribution in [0.1, 0.15) is 42.1 Å². The first-order valence-electron chi connectivity index (χ1n) is 8.58. The van der Waals surface area contributed by atoms with Gasteiger partial charge in [-0.25, -0.2) is 0 Å². The molecular weight excluding hydrogens is 300 g/mol. The van der Waals surface area contributed by atoms with E-state index in [1.54, 1.807) is 0 Å². The third-order valence-corrected chi connectivity index (χ3v) is 4.28. The van der Waals surface area contributed by atoms with Gasteiger partial charge >= 0.3 is 5.97 Å². The molecule has 0 saturated heterocycles. The Hall–Kier alpha value is -2.20. The van der Waals surface area contributed by atoms with Crippen LogP contribution in [0.4, 0.5) is 0 Å². The molecule has 0 spiro atoms. The van der Waals surface area contributed by atoms with Crippen molar-refractivity contribution in [2.45, 2.75) is 51.5 Å². The lowest BCUT2D eigenvalue weighted by Crippen LogP contribution is -2.30. The van der Waals surface area contributed by atoms with Gasteiger partial charge in [0.25, 0.3) is 0 Å². The molecule has 0 saturated carbocycles. The number of carbonyl (C=O) groups is 1. The van der Waals surface area contributed by atoms with Gasteiger partial charge in [-0.1, -0.05) is 37.3 Å². The number of rotatable bonds is 9. The zero-order valence-electron chi connectivity index (χ0n) is 14.2. The summed E-state index contributed by atoms with van der Waals surface area (Å²) in [5.41, 5.74) is 10.4. The first kappa shape index (κ1) is 18.1. The molecule has 0 aliphatic carbocycles. The van der Waals surface area contributed by atoms with Gasteiger partial charge in [-0.05, 0) is 61.3 Å². The summed E-state index contributed by atoms with van der Waals surface area (Å²) in [5, 5.41) is 8.79. The highest BCUT2D eigenvalue weighted by atomic mass is 16.4. The second-order valence-corrected chi connectivity index (χ2v) is 6.16. The van der Waals surface area contributed by atoms with Crippen LogP contribution >= 0.6 is 0 Å². The summed E-state index contributed by atoms with van der Waals surface area (Å²) in [4.78, 5) is 15.2. The van der Waals surface area contributed by atoms with E-state index >= 15 is 0 Å². The molecular formula is C20H26N2O2. The number of aryl methyl sites for hydroxylation is 4. The Bertz CT molecular complexity index is 636. The number of pyridine rings is 1. The Labute approximate surface area is 143 Å². The Morgan fingerprint density at radius 2 is 1.67 bits per heavy atom. The predicted octanol–water partition coefficient (Wildman–Crippen LogP) is 3.16. The maximum absolute atomic E-state index is 10.7. The molecule has 1 aromatic heterocycles. The van der Waals surface area contributed by atoms with E-state index in [4.69, 9.17) is 10.8 Å². The fraction of sp³-hybridized carbons (Fsp3) is 0.400. The SMILES string of the molecule is CCc1ccc(CCCc2ccc(CCC(N)C(=O)O)cc2)nc1. The van der Waals surface area contributed by atoms with Gasteiger partial charge in [-0.3, -0.25) is 9.78 Å². The van der Waals surface area contributed by atoms with E-state index in [1.807, 2.05) is 6.20 Å². The van der Waals surface area contributed by atoms with Crippen LogP contribution in [0, 0.1) is 0 Å². The molecule has 3 N–H and O–H groups in total. The molecule has 1 heterocycles. The fourth-order valence-electron chi connectivity index (χ4n) is 2.60. The second-order valence-electron chi connectivity index (χ2n) is 6.16. The smallest absolute Gasteiger partial charge is 0.320 e. The van der Waals surface area contributed by atoms with Crippen LogP contribution in [0.15, 0.2) is 42.6 Å². The van der Waals surface area contributed by atoms with Crippen molar-refractivity contribution < 1.29 is 9.90 Å². The molecule has 0 aliphatic heterocycles. The van der Waals surface area contributed by atoms with Crippen LogP contribution < -0.4 is 5.73 Å². The van der Waals surface area contributed by atoms with E-state index in [2.05, 4.69) is 48.3 Å². The molecule has 1 unspecified atom stereocenters. The number of aromatic nitrogens is 1. The molecule has 4 heteroatoms. The molecule has 2 aromatic rings. The van der Waals surface area contributed by atoms with Gasteiger partial charge in [0.1, 0.15) is 6.04 Å². The zero-order chi connectivity index (χ0) is 17.4. The van der Waals surface area contributed by atoms with Crippen LogP contribution in [0.3, 0.4) is 0 Å². The largest absolute Gasteiger partial charge is 0.480 e. The minimum absolute atomic E-state index is 0.466.